The second-order valence-corrected chi connectivity index (χ2v) is 10.3. The number of carboxylic acids is 1. The van der Waals surface area contributed by atoms with E-state index in [9.17, 15) is 19.8 Å². The molecule has 0 atom stereocenters. The molecule has 0 aliphatic heterocycles. The fraction of sp³-hybridized carbons (Fsp3) is 0.235. The summed E-state index contributed by atoms with van der Waals surface area (Å²) in [6, 6.07) is 30.5. The molecule has 4 rings (SSSR count). The van der Waals surface area contributed by atoms with Crippen LogP contribution in [0.25, 0.3) is 22.3 Å². The second-order valence-electron chi connectivity index (χ2n) is 9.38. The smallest absolute Gasteiger partial charge is 0.394 e. The van der Waals surface area contributed by atoms with E-state index in [0.29, 0.717) is 25.0 Å². The number of aromatic hydroxyl groups is 2. The zero-order valence-corrected chi connectivity index (χ0v) is 26.4. The average molecular weight is 657 g/mol. The first-order chi connectivity index (χ1) is 21.8. The van der Waals surface area contributed by atoms with Crippen LogP contribution in [0.1, 0.15) is 37.8 Å². The zero-order chi connectivity index (χ0) is 34.5. The number of hydrogen-bond acceptors (Lipinski definition) is 8. The van der Waals surface area contributed by atoms with Crippen molar-refractivity contribution in [1.82, 2.24) is 0 Å². The maximum atomic E-state index is 11.4. The molecular formula is C34H40O11S. The number of aliphatic hydroxyl groups is 1. The topological polar surface area (TPSA) is 199 Å². The van der Waals surface area contributed by atoms with Gasteiger partial charge in [-0.1, -0.05) is 72.8 Å². The van der Waals surface area contributed by atoms with E-state index in [-0.39, 0.29) is 36.9 Å². The number of carbonyl (C=O) groups is 2. The Morgan fingerprint density at radius 1 is 0.652 bits per heavy atom. The number of benzene rings is 4. The first-order valence-corrected chi connectivity index (χ1v) is 15.6. The van der Waals surface area contributed by atoms with E-state index in [1.807, 2.05) is 84.9 Å². The van der Waals surface area contributed by atoms with Gasteiger partial charge in [-0.05, 0) is 84.3 Å². The Morgan fingerprint density at radius 3 is 1.37 bits per heavy atom. The van der Waals surface area contributed by atoms with Gasteiger partial charge < -0.3 is 25.2 Å². The summed E-state index contributed by atoms with van der Waals surface area (Å²) in [5.74, 6) is -0.735. The molecule has 0 aromatic heterocycles. The minimum absolute atomic E-state index is 0.0196. The fourth-order valence-electron chi connectivity index (χ4n) is 3.90. The fourth-order valence-corrected chi connectivity index (χ4v) is 3.90. The standard InChI is InChI=1S/C17H18O3.C15H14O3.C2H6O.H2O4S/c1-2-20-17(19)11-9-15-12-14(8-10-16(15)18)13-6-4-3-5-7-13;16-14-8-6-12(11-4-2-1-3-5-11)10-13(14)7-9-15(17)18;1-2-3;1-5(2,3)4/h3-8,10,12,18H,2,9,11H2,1H3;1-6,8,10,16H,7,9H2,(H,17,18);3H,2H2,1H3;(H2,1,2,3,4). The van der Waals surface area contributed by atoms with Crippen LogP contribution in [0.2, 0.25) is 0 Å². The minimum atomic E-state index is -4.67. The van der Waals surface area contributed by atoms with Gasteiger partial charge in [0, 0.05) is 19.4 Å². The third-order valence-corrected chi connectivity index (χ3v) is 5.89. The lowest BCUT2D eigenvalue weighted by molar-refractivity contribution is -0.143. The molecule has 0 spiro atoms. The predicted molar refractivity (Wildman–Crippen MR) is 175 cm³/mol. The third kappa shape index (κ3) is 16.9. The van der Waals surface area contributed by atoms with E-state index in [4.69, 9.17) is 32.5 Å². The quantitative estimate of drug-likeness (QED) is 0.0915. The van der Waals surface area contributed by atoms with Crippen molar-refractivity contribution in [2.45, 2.75) is 39.5 Å². The molecule has 4 aromatic carbocycles. The summed E-state index contributed by atoms with van der Waals surface area (Å²) in [6.45, 7) is 4.10. The van der Waals surface area contributed by atoms with Gasteiger partial charge in [0.15, 0.2) is 0 Å². The lowest BCUT2D eigenvalue weighted by Gasteiger charge is -2.08. The SMILES string of the molecule is CCO.CCOC(=O)CCc1cc(-c2ccccc2)ccc1O.O=C(O)CCc1cc(-c2ccccc2)ccc1O.O=S(=O)(O)O. The number of hydrogen-bond donors (Lipinski definition) is 6. The van der Waals surface area contributed by atoms with Crippen LogP contribution in [-0.2, 0) is 37.6 Å². The van der Waals surface area contributed by atoms with Crippen molar-refractivity contribution in [2.24, 2.45) is 0 Å². The molecule has 0 saturated heterocycles. The third-order valence-electron chi connectivity index (χ3n) is 5.89. The van der Waals surface area contributed by atoms with Crippen LogP contribution in [-0.4, -0.2) is 63.1 Å². The van der Waals surface area contributed by atoms with E-state index in [0.717, 1.165) is 27.8 Å². The number of phenols is 2. The molecule has 0 bridgehead atoms. The van der Waals surface area contributed by atoms with E-state index in [2.05, 4.69) is 0 Å². The van der Waals surface area contributed by atoms with Crippen molar-refractivity contribution in [3.63, 3.8) is 0 Å². The number of aryl methyl sites for hydroxylation is 2. The summed E-state index contributed by atoms with van der Waals surface area (Å²) in [5.41, 5.74) is 5.58. The largest absolute Gasteiger partial charge is 0.508 e. The average Bonchev–Trinajstić information content (AvgIpc) is 3.01. The highest BCUT2D eigenvalue weighted by molar-refractivity contribution is 7.79. The number of aliphatic carboxylic acids is 1. The van der Waals surface area contributed by atoms with Crippen LogP contribution in [0.3, 0.4) is 0 Å². The molecule has 0 amide bonds. The normalized spacial score (nSPS) is 10.1. The Balaban J connectivity index is 0.000000375. The van der Waals surface area contributed by atoms with Gasteiger partial charge in [-0.3, -0.25) is 18.7 Å². The maximum absolute atomic E-state index is 11.4. The monoisotopic (exact) mass is 656 g/mol. The molecule has 0 saturated carbocycles. The van der Waals surface area contributed by atoms with Gasteiger partial charge in [-0.15, -0.1) is 0 Å². The summed E-state index contributed by atoms with van der Waals surface area (Å²) in [5, 5.41) is 35.8. The Bertz CT molecular complexity index is 1580. The number of carboxylic acid groups (broad SMARTS) is 1. The van der Waals surface area contributed by atoms with Gasteiger partial charge in [0.25, 0.3) is 0 Å². The molecule has 12 heteroatoms. The van der Waals surface area contributed by atoms with E-state index in [1.165, 1.54) is 0 Å². The van der Waals surface area contributed by atoms with Crippen LogP contribution in [0.4, 0.5) is 0 Å². The Morgan fingerprint density at radius 2 is 1.02 bits per heavy atom. The molecule has 0 radical (unpaired) electrons. The van der Waals surface area contributed by atoms with Gasteiger partial charge in [-0.25, -0.2) is 0 Å². The van der Waals surface area contributed by atoms with Crippen LogP contribution in [0.15, 0.2) is 97.1 Å². The van der Waals surface area contributed by atoms with Crippen LogP contribution >= 0.6 is 0 Å². The lowest BCUT2D eigenvalue weighted by atomic mass is 10.00. The second kappa shape index (κ2) is 21.1. The molecule has 0 heterocycles. The van der Waals surface area contributed by atoms with Crippen molar-refractivity contribution in [1.29, 1.82) is 0 Å². The van der Waals surface area contributed by atoms with Gasteiger partial charge >= 0.3 is 22.3 Å². The summed E-state index contributed by atoms with van der Waals surface area (Å²) >= 11 is 0. The van der Waals surface area contributed by atoms with Crippen LogP contribution < -0.4 is 0 Å². The molecule has 0 unspecified atom stereocenters. The first-order valence-electron chi connectivity index (χ1n) is 14.2. The Kier molecular flexibility index (Phi) is 18.0. The van der Waals surface area contributed by atoms with Gasteiger partial charge in [0.2, 0.25) is 0 Å². The molecule has 0 aliphatic carbocycles. The highest BCUT2D eigenvalue weighted by atomic mass is 32.3. The summed E-state index contributed by atoms with van der Waals surface area (Å²) in [4.78, 5) is 21.9. The molecule has 6 N–H and O–H groups in total. The van der Waals surface area contributed by atoms with E-state index in [1.54, 1.807) is 26.0 Å². The Hall–Kier alpha value is -4.75. The maximum Gasteiger partial charge on any atom is 0.394 e. The molecule has 46 heavy (non-hydrogen) atoms. The molecular weight excluding hydrogens is 616 g/mol. The molecule has 0 aliphatic rings. The van der Waals surface area contributed by atoms with Crippen LogP contribution in [0.5, 0.6) is 11.5 Å². The van der Waals surface area contributed by atoms with Crippen LogP contribution in [0, 0.1) is 0 Å². The molecule has 11 nitrogen and oxygen atoms in total. The number of esters is 1. The zero-order valence-electron chi connectivity index (χ0n) is 25.6. The molecule has 0 fully saturated rings. The summed E-state index contributed by atoms with van der Waals surface area (Å²) in [7, 11) is -4.67. The number of ether oxygens (including phenoxy) is 1. The van der Waals surface area contributed by atoms with Gasteiger partial charge in [-0.2, -0.15) is 8.42 Å². The Labute approximate surface area is 269 Å². The molecule has 248 valence electrons. The highest BCUT2D eigenvalue weighted by Gasteiger charge is 2.09. The number of phenolic OH excluding ortho intramolecular Hbond substituents is 2. The first kappa shape index (κ1) is 39.3. The lowest BCUT2D eigenvalue weighted by Crippen LogP contribution is -2.05. The molecule has 4 aromatic rings. The highest BCUT2D eigenvalue weighted by Crippen LogP contribution is 2.28. The van der Waals surface area contributed by atoms with E-state index < -0.39 is 16.4 Å². The van der Waals surface area contributed by atoms with Crippen molar-refractivity contribution < 1.29 is 52.3 Å². The number of carbonyl (C=O) groups excluding carboxylic acids is 1. The summed E-state index contributed by atoms with van der Waals surface area (Å²) < 4.78 is 36.5. The van der Waals surface area contributed by atoms with Crippen molar-refractivity contribution >= 4 is 22.3 Å². The van der Waals surface area contributed by atoms with Crippen molar-refractivity contribution in [3.05, 3.63) is 108 Å². The van der Waals surface area contributed by atoms with Gasteiger partial charge in [0.1, 0.15) is 11.5 Å². The van der Waals surface area contributed by atoms with Crippen molar-refractivity contribution in [2.75, 3.05) is 13.2 Å². The van der Waals surface area contributed by atoms with Crippen molar-refractivity contribution in [3.8, 4) is 33.8 Å². The van der Waals surface area contributed by atoms with E-state index >= 15 is 0 Å². The number of aliphatic hydroxyl groups excluding tert-OH is 1. The number of rotatable bonds is 9. The predicted octanol–water partition coefficient (Wildman–Crippen LogP) is 5.98. The summed E-state index contributed by atoms with van der Waals surface area (Å²) in [6.07, 6.45) is 1.11. The minimum Gasteiger partial charge on any atom is -0.508 e. The van der Waals surface area contributed by atoms with Gasteiger partial charge in [0.05, 0.1) is 6.61 Å².